The zero-order chi connectivity index (χ0) is 13.7. The average Bonchev–Trinajstić information content (AvgIpc) is 2.86. The molecule has 0 aliphatic heterocycles. The van der Waals surface area contributed by atoms with Gasteiger partial charge in [0.1, 0.15) is 0 Å². The molecule has 1 fully saturated rings. The Labute approximate surface area is 114 Å². The normalized spacial score (nSPS) is 22.4. The molecule has 0 radical (unpaired) electrons. The smallest absolute Gasteiger partial charge is 0.224 e. The molecule has 1 amide bonds. The molecule has 4 nitrogen and oxygen atoms in total. The topological polar surface area (TPSA) is 75.4 Å². The molecule has 0 saturated heterocycles. The molecule has 0 spiro atoms. The van der Waals surface area contributed by atoms with Gasteiger partial charge in [-0.2, -0.15) is 0 Å². The van der Waals surface area contributed by atoms with Gasteiger partial charge in [0.2, 0.25) is 5.91 Å². The van der Waals surface area contributed by atoms with Gasteiger partial charge in [0, 0.05) is 18.8 Å². The molecule has 2 rings (SSSR count). The first kappa shape index (κ1) is 13.9. The molecule has 2 unspecified atom stereocenters. The number of anilines is 1. The largest absolute Gasteiger partial charge is 0.399 e. The molecule has 2 atom stereocenters. The summed E-state index contributed by atoms with van der Waals surface area (Å²) in [5.74, 6) is 0.825. The van der Waals surface area contributed by atoms with Gasteiger partial charge in [-0.15, -0.1) is 0 Å². The minimum atomic E-state index is 0.0355. The molecule has 1 aliphatic carbocycles. The number of hydrogen-bond acceptors (Lipinski definition) is 3. The highest BCUT2D eigenvalue weighted by molar-refractivity contribution is 5.78. The van der Waals surface area contributed by atoms with Crippen LogP contribution in [-0.4, -0.2) is 24.2 Å². The lowest BCUT2D eigenvalue weighted by Gasteiger charge is -2.17. The number of carbonyl (C=O) groups excluding carboxylic acids is 1. The van der Waals surface area contributed by atoms with Crippen molar-refractivity contribution in [2.75, 3.05) is 18.9 Å². The third-order valence-corrected chi connectivity index (χ3v) is 3.96. The zero-order valence-corrected chi connectivity index (χ0v) is 11.1. The number of hydrogen-bond donors (Lipinski definition) is 3. The summed E-state index contributed by atoms with van der Waals surface area (Å²) in [5.41, 5.74) is 7.28. The van der Waals surface area contributed by atoms with E-state index in [4.69, 9.17) is 5.73 Å². The van der Waals surface area contributed by atoms with E-state index in [0.717, 1.165) is 24.8 Å². The fourth-order valence-corrected chi connectivity index (χ4v) is 2.75. The van der Waals surface area contributed by atoms with Gasteiger partial charge in [-0.25, -0.2) is 0 Å². The summed E-state index contributed by atoms with van der Waals surface area (Å²) < 4.78 is 0. The van der Waals surface area contributed by atoms with Crippen LogP contribution in [0.3, 0.4) is 0 Å². The molecule has 0 heterocycles. The average molecular weight is 262 g/mol. The summed E-state index contributed by atoms with van der Waals surface area (Å²) in [4.78, 5) is 11.8. The van der Waals surface area contributed by atoms with Crippen molar-refractivity contribution in [3.8, 4) is 0 Å². The van der Waals surface area contributed by atoms with Crippen LogP contribution in [0.1, 0.15) is 24.8 Å². The van der Waals surface area contributed by atoms with Crippen LogP contribution in [0, 0.1) is 11.8 Å². The van der Waals surface area contributed by atoms with Crippen molar-refractivity contribution in [1.29, 1.82) is 0 Å². The molecule has 1 aromatic rings. The van der Waals surface area contributed by atoms with E-state index in [1.807, 2.05) is 12.1 Å². The Morgan fingerprint density at radius 3 is 2.63 bits per heavy atom. The maximum atomic E-state index is 11.8. The second-order valence-corrected chi connectivity index (χ2v) is 5.36. The Morgan fingerprint density at radius 1 is 1.26 bits per heavy atom. The second kappa shape index (κ2) is 6.57. The van der Waals surface area contributed by atoms with E-state index in [0.29, 0.717) is 30.5 Å². The van der Waals surface area contributed by atoms with E-state index >= 15 is 0 Å². The van der Waals surface area contributed by atoms with Crippen LogP contribution < -0.4 is 11.1 Å². The van der Waals surface area contributed by atoms with Gasteiger partial charge in [-0.3, -0.25) is 4.79 Å². The number of aliphatic hydroxyl groups is 1. The first-order chi connectivity index (χ1) is 9.19. The Balaban J connectivity index is 1.77. The van der Waals surface area contributed by atoms with E-state index in [1.165, 1.54) is 0 Å². The summed E-state index contributed by atoms with van der Waals surface area (Å²) in [6.45, 7) is 0.914. The standard InChI is InChI=1S/C15H22N2O2/c16-14-6-4-11(5-7-14)8-15(19)17-9-12-2-1-3-13(12)10-18/h4-7,12-13,18H,1-3,8-10,16H2,(H,17,19). The van der Waals surface area contributed by atoms with Gasteiger partial charge in [-0.05, 0) is 42.4 Å². The number of nitrogens with two attached hydrogens (primary N) is 1. The predicted octanol–water partition coefficient (Wildman–Crippen LogP) is 1.34. The van der Waals surface area contributed by atoms with E-state index in [-0.39, 0.29) is 12.5 Å². The summed E-state index contributed by atoms with van der Waals surface area (Å²) in [5, 5.41) is 12.2. The molecule has 19 heavy (non-hydrogen) atoms. The van der Waals surface area contributed by atoms with Crippen molar-refractivity contribution >= 4 is 11.6 Å². The quantitative estimate of drug-likeness (QED) is 0.701. The second-order valence-electron chi connectivity index (χ2n) is 5.36. The number of aliphatic hydroxyl groups excluding tert-OH is 1. The Kier molecular flexibility index (Phi) is 4.80. The van der Waals surface area contributed by atoms with Gasteiger partial charge in [0.25, 0.3) is 0 Å². The fraction of sp³-hybridized carbons (Fsp3) is 0.533. The van der Waals surface area contributed by atoms with Crippen molar-refractivity contribution in [3.05, 3.63) is 29.8 Å². The number of amides is 1. The molecule has 0 bridgehead atoms. The van der Waals surface area contributed by atoms with E-state index in [1.54, 1.807) is 12.1 Å². The van der Waals surface area contributed by atoms with Crippen molar-refractivity contribution in [2.24, 2.45) is 11.8 Å². The third-order valence-electron chi connectivity index (χ3n) is 3.96. The lowest BCUT2D eigenvalue weighted by atomic mass is 9.97. The summed E-state index contributed by atoms with van der Waals surface area (Å²) in [7, 11) is 0. The molecule has 104 valence electrons. The molecular formula is C15H22N2O2. The van der Waals surface area contributed by atoms with Gasteiger partial charge >= 0.3 is 0 Å². The Morgan fingerprint density at radius 2 is 1.95 bits per heavy atom. The molecule has 4 heteroatoms. The van der Waals surface area contributed by atoms with E-state index in [2.05, 4.69) is 5.32 Å². The van der Waals surface area contributed by atoms with Crippen LogP contribution in [0.15, 0.2) is 24.3 Å². The highest BCUT2D eigenvalue weighted by Crippen LogP contribution is 2.30. The molecule has 0 aromatic heterocycles. The zero-order valence-electron chi connectivity index (χ0n) is 11.1. The minimum absolute atomic E-state index is 0.0355. The van der Waals surface area contributed by atoms with Crippen molar-refractivity contribution in [1.82, 2.24) is 5.32 Å². The maximum absolute atomic E-state index is 11.8. The Hall–Kier alpha value is -1.55. The molecule has 4 N–H and O–H groups in total. The third kappa shape index (κ3) is 3.96. The predicted molar refractivity (Wildman–Crippen MR) is 75.5 cm³/mol. The molecule has 1 aliphatic rings. The van der Waals surface area contributed by atoms with Crippen molar-refractivity contribution in [2.45, 2.75) is 25.7 Å². The first-order valence-corrected chi connectivity index (χ1v) is 6.91. The Bertz CT molecular complexity index is 417. The monoisotopic (exact) mass is 262 g/mol. The van der Waals surface area contributed by atoms with Crippen LogP contribution in [0.25, 0.3) is 0 Å². The number of nitrogens with one attached hydrogen (secondary N) is 1. The minimum Gasteiger partial charge on any atom is -0.399 e. The summed E-state index contributed by atoms with van der Waals surface area (Å²) in [6.07, 6.45) is 3.73. The lowest BCUT2D eigenvalue weighted by Crippen LogP contribution is -2.32. The highest BCUT2D eigenvalue weighted by Gasteiger charge is 2.26. The van der Waals surface area contributed by atoms with Crippen molar-refractivity contribution in [3.63, 3.8) is 0 Å². The first-order valence-electron chi connectivity index (χ1n) is 6.91. The molecular weight excluding hydrogens is 240 g/mol. The summed E-state index contributed by atoms with van der Waals surface area (Å²) >= 11 is 0. The van der Waals surface area contributed by atoms with Gasteiger partial charge in [0.05, 0.1) is 6.42 Å². The lowest BCUT2D eigenvalue weighted by molar-refractivity contribution is -0.120. The number of carbonyl (C=O) groups is 1. The number of rotatable bonds is 5. The van der Waals surface area contributed by atoms with Gasteiger partial charge < -0.3 is 16.2 Å². The molecule has 1 aromatic carbocycles. The number of nitrogen functional groups attached to an aromatic ring is 1. The van der Waals surface area contributed by atoms with Crippen LogP contribution in [0.5, 0.6) is 0 Å². The fourth-order valence-electron chi connectivity index (χ4n) is 2.75. The molecule has 1 saturated carbocycles. The maximum Gasteiger partial charge on any atom is 0.224 e. The van der Waals surface area contributed by atoms with Crippen LogP contribution in [0.2, 0.25) is 0 Å². The SMILES string of the molecule is Nc1ccc(CC(=O)NCC2CCCC2CO)cc1. The van der Waals surface area contributed by atoms with Gasteiger partial charge in [0.15, 0.2) is 0 Å². The number of benzene rings is 1. The van der Waals surface area contributed by atoms with Gasteiger partial charge in [-0.1, -0.05) is 18.6 Å². The van der Waals surface area contributed by atoms with E-state index in [9.17, 15) is 9.90 Å². The summed E-state index contributed by atoms with van der Waals surface area (Å²) in [6, 6.07) is 7.37. The highest BCUT2D eigenvalue weighted by atomic mass is 16.3. The van der Waals surface area contributed by atoms with Crippen LogP contribution in [0.4, 0.5) is 5.69 Å². The van der Waals surface area contributed by atoms with Crippen molar-refractivity contribution < 1.29 is 9.90 Å². The van der Waals surface area contributed by atoms with E-state index < -0.39 is 0 Å². The van der Waals surface area contributed by atoms with Crippen LogP contribution in [-0.2, 0) is 11.2 Å². The van der Waals surface area contributed by atoms with Crippen LogP contribution >= 0.6 is 0 Å².